The number of hydrogen-bond donors (Lipinski definition) is 0. The summed E-state index contributed by atoms with van der Waals surface area (Å²) in [5.41, 5.74) is 0. The Labute approximate surface area is 89.9 Å². The molecular formula is C11H18O4. The van der Waals surface area contributed by atoms with E-state index in [1.165, 1.54) is 13.8 Å². The maximum atomic E-state index is 10.9. The van der Waals surface area contributed by atoms with Gasteiger partial charge >= 0.3 is 11.9 Å². The number of ether oxygens (including phenoxy) is 2. The fourth-order valence-electron chi connectivity index (χ4n) is 1.99. The van der Waals surface area contributed by atoms with Crippen LogP contribution in [0.4, 0.5) is 0 Å². The van der Waals surface area contributed by atoms with Crippen LogP contribution in [-0.2, 0) is 19.1 Å². The van der Waals surface area contributed by atoms with Crippen LogP contribution in [0.2, 0.25) is 0 Å². The summed E-state index contributed by atoms with van der Waals surface area (Å²) in [6.07, 6.45) is 2.03. The summed E-state index contributed by atoms with van der Waals surface area (Å²) in [5, 5.41) is 0. The second-order valence-electron chi connectivity index (χ2n) is 4.21. The first-order valence-electron chi connectivity index (χ1n) is 5.33. The van der Waals surface area contributed by atoms with E-state index in [1.54, 1.807) is 0 Å². The Hall–Kier alpha value is -1.06. The number of hydrogen-bond acceptors (Lipinski definition) is 4. The number of carbonyl (C=O) groups is 2. The van der Waals surface area contributed by atoms with Gasteiger partial charge in [0.1, 0.15) is 12.2 Å². The molecular weight excluding hydrogens is 196 g/mol. The molecule has 4 heteroatoms. The molecule has 1 aliphatic carbocycles. The molecule has 15 heavy (non-hydrogen) atoms. The first kappa shape index (κ1) is 12.0. The fourth-order valence-corrected chi connectivity index (χ4v) is 1.99. The van der Waals surface area contributed by atoms with E-state index in [9.17, 15) is 9.59 Å². The molecule has 86 valence electrons. The monoisotopic (exact) mass is 214 g/mol. The molecule has 0 amide bonds. The molecule has 0 bridgehead atoms. The van der Waals surface area contributed by atoms with Crippen LogP contribution in [0.25, 0.3) is 0 Å². The van der Waals surface area contributed by atoms with E-state index in [-0.39, 0.29) is 24.1 Å². The summed E-state index contributed by atoms with van der Waals surface area (Å²) in [7, 11) is 0. The number of esters is 2. The topological polar surface area (TPSA) is 52.6 Å². The average Bonchev–Trinajstić information content (AvgIpc) is 2.08. The summed E-state index contributed by atoms with van der Waals surface area (Å²) < 4.78 is 10.3. The Balaban J connectivity index is 2.57. The number of carbonyl (C=O) groups excluding carboxylic acids is 2. The highest BCUT2D eigenvalue weighted by Gasteiger charge is 2.33. The predicted molar refractivity (Wildman–Crippen MR) is 54.1 cm³/mol. The van der Waals surface area contributed by atoms with Crippen LogP contribution < -0.4 is 0 Å². The molecule has 0 saturated heterocycles. The predicted octanol–water partition coefficient (Wildman–Crippen LogP) is 1.67. The molecule has 0 aromatic heterocycles. The lowest BCUT2D eigenvalue weighted by Gasteiger charge is -2.33. The molecule has 4 nitrogen and oxygen atoms in total. The van der Waals surface area contributed by atoms with Crippen molar-refractivity contribution in [2.75, 3.05) is 0 Å². The highest BCUT2D eigenvalue weighted by Crippen LogP contribution is 2.28. The van der Waals surface area contributed by atoms with Crippen LogP contribution in [0.5, 0.6) is 0 Å². The van der Waals surface area contributed by atoms with Crippen LogP contribution in [-0.4, -0.2) is 24.1 Å². The van der Waals surface area contributed by atoms with Gasteiger partial charge in [-0.25, -0.2) is 0 Å². The van der Waals surface area contributed by atoms with E-state index in [1.807, 2.05) is 0 Å². The van der Waals surface area contributed by atoms with Crippen LogP contribution in [0.15, 0.2) is 0 Å². The highest BCUT2D eigenvalue weighted by molar-refractivity contribution is 5.67. The Bertz CT molecular complexity index is 249. The van der Waals surface area contributed by atoms with E-state index in [0.29, 0.717) is 5.92 Å². The zero-order chi connectivity index (χ0) is 11.4. The maximum absolute atomic E-state index is 10.9. The molecule has 0 aromatic rings. The summed E-state index contributed by atoms with van der Waals surface area (Å²) in [6.45, 7) is 4.87. The molecule has 1 saturated carbocycles. The summed E-state index contributed by atoms with van der Waals surface area (Å²) in [4.78, 5) is 21.7. The summed E-state index contributed by atoms with van der Waals surface area (Å²) >= 11 is 0. The van der Waals surface area contributed by atoms with E-state index < -0.39 is 0 Å². The molecule has 1 aliphatic rings. The zero-order valence-electron chi connectivity index (χ0n) is 9.49. The van der Waals surface area contributed by atoms with Gasteiger partial charge in [-0.2, -0.15) is 0 Å². The van der Waals surface area contributed by atoms with Crippen LogP contribution in [0.1, 0.15) is 40.0 Å². The van der Waals surface area contributed by atoms with Gasteiger partial charge in [-0.05, 0) is 25.2 Å². The Morgan fingerprint density at radius 1 is 1.00 bits per heavy atom. The molecule has 1 rings (SSSR count). The van der Waals surface area contributed by atoms with Crippen molar-refractivity contribution in [1.82, 2.24) is 0 Å². The maximum Gasteiger partial charge on any atom is 0.303 e. The standard InChI is InChI=1S/C11H18O4/c1-7-4-5-10(14-8(2)12)11(6-7)15-9(3)13/h7,10-11H,4-6H2,1-3H3/t7?,10-,11+/m1/s1. The second kappa shape index (κ2) is 5.14. The molecule has 0 aromatic carbocycles. The molecule has 1 unspecified atom stereocenters. The Morgan fingerprint density at radius 3 is 2.07 bits per heavy atom. The van der Waals surface area contributed by atoms with Crippen LogP contribution in [0, 0.1) is 5.92 Å². The van der Waals surface area contributed by atoms with Crippen molar-refractivity contribution in [3.63, 3.8) is 0 Å². The van der Waals surface area contributed by atoms with Gasteiger partial charge in [0.2, 0.25) is 0 Å². The second-order valence-corrected chi connectivity index (χ2v) is 4.21. The molecule has 0 N–H and O–H groups in total. The van der Waals surface area contributed by atoms with E-state index in [2.05, 4.69) is 6.92 Å². The summed E-state index contributed by atoms with van der Waals surface area (Å²) in [5.74, 6) is -0.112. The average molecular weight is 214 g/mol. The third kappa shape index (κ3) is 3.90. The molecule has 0 heterocycles. The fraction of sp³-hybridized carbons (Fsp3) is 0.818. The van der Waals surface area contributed by atoms with E-state index in [0.717, 1.165) is 19.3 Å². The van der Waals surface area contributed by atoms with Gasteiger partial charge in [-0.1, -0.05) is 6.92 Å². The minimum atomic E-state index is -0.314. The first-order chi connectivity index (χ1) is 6.99. The van der Waals surface area contributed by atoms with Gasteiger partial charge in [0, 0.05) is 13.8 Å². The van der Waals surface area contributed by atoms with Crippen LogP contribution in [0.3, 0.4) is 0 Å². The third-order valence-electron chi connectivity index (χ3n) is 2.63. The van der Waals surface area contributed by atoms with Gasteiger partial charge in [-0.15, -0.1) is 0 Å². The lowest BCUT2D eigenvalue weighted by molar-refractivity contribution is -0.170. The highest BCUT2D eigenvalue weighted by atomic mass is 16.6. The van der Waals surface area contributed by atoms with Crippen molar-refractivity contribution in [2.45, 2.75) is 52.2 Å². The van der Waals surface area contributed by atoms with Crippen molar-refractivity contribution >= 4 is 11.9 Å². The quantitative estimate of drug-likeness (QED) is 0.656. The van der Waals surface area contributed by atoms with E-state index >= 15 is 0 Å². The minimum absolute atomic E-state index is 0.261. The molecule has 0 radical (unpaired) electrons. The van der Waals surface area contributed by atoms with E-state index in [4.69, 9.17) is 9.47 Å². The van der Waals surface area contributed by atoms with Crippen molar-refractivity contribution in [3.05, 3.63) is 0 Å². The summed E-state index contributed by atoms with van der Waals surface area (Å²) in [6, 6.07) is 0. The van der Waals surface area contributed by atoms with Gasteiger partial charge in [0.05, 0.1) is 0 Å². The lowest BCUT2D eigenvalue weighted by Crippen LogP contribution is -2.39. The molecule has 0 aliphatic heterocycles. The normalized spacial score (nSPS) is 30.7. The van der Waals surface area contributed by atoms with Crippen molar-refractivity contribution in [2.24, 2.45) is 5.92 Å². The Morgan fingerprint density at radius 2 is 1.53 bits per heavy atom. The zero-order valence-corrected chi connectivity index (χ0v) is 9.49. The largest absolute Gasteiger partial charge is 0.459 e. The minimum Gasteiger partial charge on any atom is -0.459 e. The first-order valence-corrected chi connectivity index (χ1v) is 5.33. The van der Waals surface area contributed by atoms with Crippen molar-refractivity contribution in [1.29, 1.82) is 0 Å². The van der Waals surface area contributed by atoms with Gasteiger partial charge < -0.3 is 9.47 Å². The SMILES string of the molecule is CC(=O)O[C@H]1CC(C)CC[C@H]1OC(C)=O. The van der Waals surface area contributed by atoms with Gasteiger partial charge in [0.25, 0.3) is 0 Å². The van der Waals surface area contributed by atoms with Gasteiger partial charge in [0.15, 0.2) is 0 Å². The van der Waals surface area contributed by atoms with Crippen LogP contribution >= 0.6 is 0 Å². The van der Waals surface area contributed by atoms with Gasteiger partial charge in [-0.3, -0.25) is 9.59 Å². The van der Waals surface area contributed by atoms with Crippen molar-refractivity contribution < 1.29 is 19.1 Å². The molecule has 3 atom stereocenters. The Kier molecular flexibility index (Phi) is 4.12. The molecule has 1 fully saturated rings. The lowest BCUT2D eigenvalue weighted by atomic mass is 9.86. The number of rotatable bonds is 2. The third-order valence-corrected chi connectivity index (χ3v) is 2.63. The van der Waals surface area contributed by atoms with Crippen molar-refractivity contribution in [3.8, 4) is 0 Å². The molecule has 0 spiro atoms. The smallest absolute Gasteiger partial charge is 0.303 e.